The molecule has 0 spiro atoms. The lowest BCUT2D eigenvalue weighted by Gasteiger charge is -2.06. The van der Waals surface area contributed by atoms with Crippen molar-refractivity contribution < 1.29 is 13.5 Å². The van der Waals surface area contributed by atoms with Gasteiger partial charge in [0.2, 0.25) is 0 Å². The van der Waals surface area contributed by atoms with Crippen molar-refractivity contribution in [3.8, 4) is 0 Å². The van der Waals surface area contributed by atoms with Crippen LogP contribution in [0.1, 0.15) is 12.8 Å². The number of halogens is 2. The van der Waals surface area contributed by atoms with Gasteiger partial charge in [0, 0.05) is 26.3 Å². The van der Waals surface area contributed by atoms with E-state index < -0.39 is 11.6 Å². The van der Waals surface area contributed by atoms with E-state index in [0.29, 0.717) is 18.8 Å². The van der Waals surface area contributed by atoms with E-state index in [2.05, 4.69) is 5.32 Å². The van der Waals surface area contributed by atoms with Gasteiger partial charge in [-0.25, -0.2) is 8.78 Å². The molecule has 2 nitrogen and oxygen atoms in total. The maximum atomic E-state index is 13.1. The van der Waals surface area contributed by atoms with Gasteiger partial charge in [0.05, 0.1) is 5.69 Å². The molecule has 0 radical (unpaired) electrons. The van der Waals surface area contributed by atoms with Crippen molar-refractivity contribution in [1.29, 1.82) is 0 Å². The highest BCUT2D eigenvalue weighted by Crippen LogP contribution is 2.14. The van der Waals surface area contributed by atoms with Crippen molar-refractivity contribution in [1.82, 2.24) is 0 Å². The molecule has 84 valence electrons. The molecule has 0 aliphatic carbocycles. The average Bonchev–Trinajstić information content (AvgIpc) is 2.20. The SMILES string of the molecule is COCCCCNc1ccc(F)cc1F. The second-order valence-corrected chi connectivity index (χ2v) is 3.25. The summed E-state index contributed by atoms with van der Waals surface area (Å²) < 4.78 is 30.5. The number of hydrogen-bond donors (Lipinski definition) is 1. The fraction of sp³-hybridized carbons (Fsp3) is 0.455. The van der Waals surface area contributed by atoms with E-state index >= 15 is 0 Å². The summed E-state index contributed by atoms with van der Waals surface area (Å²) in [6, 6.07) is 3.51. The summed E-state index contributed by atoms with van der Waals surface area (Å²) in [5, 5.41) is 2.90. The number of rotatable bonds is 6. The normalized spacial score (nSPS) is 10.3. The Hall–Kier alpha value is -1.16. The standard InChI is InChI=1S/C11H15F2NO/c1-15-7-3-2-6-14-11-5-4-9(12)8-10(11)13/h4-5,8,14H,2-3,6-7H2,1H3. The van der Waals surface area contributed by atoms with Crippen LogP contribution in [0.15, 0.2) is 18.2 Å². The Labute approximate surface area is 88.3 Å². The van der Waals surface area contributed by atoms with Crippen LogP contribution in [0.5, 0.6) is 0 Å². The second kappa shape index (κ2) is 6.35. The van der Waals surface area contributed by atoms with E-state index in [4.69, 9.17) is 4.74 Å². The van der Waals surface area contributed by atoms with Crippen molar-refractivity contribution in [3.05, 3.63) is 29.8 Å². The Morgan fingerprint density at radius 3 is 2.73 bits per heavy atom. The fourth-order valence-electron chi connectivity index (χ4n) is 1.23. The highest BCUT2D eigenvalue weighted by atomic mass is 19.1. The summed E-state index contributed by atoms with van der Waals surface area (Å²) in [4.78, 5) is 0. The van der Waals surface area contributed by atoms with Crippen LogP contribution in [0.4, 0.5) is 14.5 Å². The van der Waals surface area contributed by atoms with Crippen LogP contribution in [0.3, 0.4) is 0 Å². The fourth-order valence-corrected chi connectivity index (χ4v) is 1.23. The Balaban J connectivity index is 2.31. The number of methoxy groups -OCH3 is 1. The molecular weight excluding hydrogens is 200 g/mol. The van der Waals surface area contributed by atoms with Crippen LogP contribution in [-0.4, -0.2) is 20.3 Å². The highest BCUT2D eigenvalue weighted by molar-refractivity contribution is 5.44. The summed E-state index contributed by atoms with van der Waals surface area (Å²) >= 11 is 0. The van der Waals surface area contributed by atoms with Crippen molar-refractivity contribution in [2.45, 2.75) is 12.8 Å². The third-order valence-electron chi connectivity index (χ3n) is 2.02. The molecule has 1 aromatic carbocycles. The van der Waals surface area contributed by atoms with Crippen LogP contribution >= 0.6 is 0 Å². The van der Waals surface area contributed by atoms with Crippen molar-refractivity contribution in [3.63, 3.8) is 0 Å². The minimum absolute atomic E-state index is 0.341. The predicted molar refractivity (Wildman–Crippen MR) is 56.0 cm³/mol. The first-order chi connectivity index (χ1) is 7.24. The zero-order valence-corrected chi connectivity index (χ0v) is 8.72. The molecule has 1 N–H and O–H groups in total. The molecule has 0 unspecified atom stereocenters. The lowest BCUT2D eigenvalue weighted by Crippen LogP contribution is -2.04. The first-order valence-electron chi connectivity index (χ1n) is 4.92. The molecule has 0 aromatic heterocycles. The molecule has 0 atom stereocenters. The van der Waals surface area contributed by atoms with Gasteiger partial charge in [-0.3, -0.25) is 0 Å². The van der Waals surface area contributed by atoms with Crippen molar-refractivity contribution >= 4 is 5.69 Å². The number of nitrogens with one attached hydrogen (secondary N) is 1. The number of unbranched alkanes of at least 4 members (excludes halogenated alkanes) is 1. The van der Waals surface area contributed by atoms with Gasteiger partial charge in [0.25, 0.3) is 0 Å². The molecule has 0 heterocycles. The van der Waals surface area contributed by atoms with Gasteiger partial charge in [0.15, 0.2) is 0 Å². The zero-order chi connectivity index (χ0) is 11.1. The molecule has 0 bridgehead atoms. The molecule has 0 fully saturated rings. The Morgan fingerprint density at radius 2 is 2.07 bits per heavy atom. The number of benzene rings is 1. The van der Waals surface area contributed by atoms with Crippen LogP contribution < -0.4 is 5.32 Å². The van der Waals surface area contributed by atoms with Crippen molar-refractivity contribution in [2.24, 2.45) is 0 Å². The molecule has 0 amide bonds. The van der Waals surface area contributed by atoms with Crippen LogP contribution in [0.25, 0.3) is 0 Å². The molecule has 0 aliphatic heterocycles. The number of anilines is 1. The summed E-state index contributed by atoms with van der Waals surface area (Å²) in [6.45, 7) is 1.36. The van der Waals surface area contributed by atoms with Gasteiger partial charge < -0.3 is 10.1 Å². The minimum atomic E-state index is -0.558. The van der Waals surface area contributed by atoms with E-state index in [1.807, 2.05) is 0 Å². The van der Waals surface area contributed by atoms with Crippen LogP contribution in [0, 0.1) is 11.6 Å². The van der Waals surface area contributed by atoms with E-state index in [1.165, 1.54) is 12.1 Å². The third-order valence-corrected chi connectivity index (χ3v) is 2.02. The number of hydrogen-bond acceptors (Lipinski definition) is 2. The first-order valence-corrected chi connectivity index (χ1v) is 4.92. The predicted octanol–water partition coefficient (Wildman–Crippen LogP) is 2.80. The van der Waals surface area contributed by atoms with E-state index in [-0.39, 0.29) is 0 Å². The van der Waals surface area contributed by atoms with Crippen molar-refractivity contribution in [2.75, 3.05) is 25.6 Å². The van der Waals surface area contributed by atoms with E-state index in [1.54, 1.807) is 7.11 Å². The summed E-state index contributed by atoms with van der Waals surface area (Å²) in [7, 11) is 1.65. The summed E-state index contributed by atoms with van der Waals surface area (Å²) in [5.41, 5.74) is 0.341. The highest BCUT2D eigenvalue weighted by Gasteiger charge is 2.01. The first kappa shape index (κ1) is 11.9. The minimum Gasteiger partial charge on any atom is -0.385 e. The van der Waals surface area contributed by atoms with Gasteiger partial charge >= 0.3 is 0 Å². The van der Waals surface area contributed by atoms with E-state index in [0.717, 1.165) is 18.9 Å². The quantitative estimate of drug-likeness (QED) is 0.737. The molecule has 1 rings (SSSR count). The van der Waals surface area contributed by atoms with Gasteiger partial charge in [-0.15, -0.1) is 0 Å². The lowest BCUT2D eigenvalue weighted by atomic mass is 10.2. The largest absolute Gasteiger partial charge is 0.385 e. The van der Waals surface area contributed by atoms with Gasteiger partial charge in [0.1, 0.15) is 11.6 Å². The lowest BCUT2D eigenvalue weighted by molar-refractivity contribution is 0.194. The monoisotopic (exact) mass is 215 g/mol. The Morgan fingerprint density at radius 1 is 1.27 bits per heavy atom. The number of ether oxygens (including phenoxy) is 1. The van der Waals surface area contributed by atoms with Crippen LogP contribution in [-0.2, 0) is 4.74 Å². The maximum Gasteiger partial charge on any atom is 0.149 e. The Bertz CT molecular complexity index is 305. The third kappa shape index (κ3) is 4.25. The average molecular weight is 215 g/mol. The summed E-state index contributed by atoms with van der Waals surface area (Å²) in [6.07, 6.45) is 1.82. The second-order valence-electron chi connectivity index (χ2n) is 3.25. The molecule has 0 saturated heterocycles. The van der Waals surface area contributed by atoms with Gasteiger partial charge in [-0.05, 0) is 25.0 Å². The van der Waals surface area contributed by atoms with E-state index in [9.17, 15) is 8.78 Å². The molecule has 4 heteroatoms. The molecular formula is C11H15F2NO. The molecule has 15 heavy (non-hydrogen) atoms. The summed E-state index contributed by atoms with van der Waals surface area (Å²) in [5.74, 6) is -1.11. The molecule has 1 aromatic rings. The molecule has 0 aliphatic rings. The van der Waals surface area contributed by atoms with Gasteiger partial charge in [-0.2, -0.15) is 0 Å². The molecule has 0 saturated carbocycles. The topological polar surface area (TPSA) is 21.3 Å². The smallest absolute Gasteiger partial charge is 0.149 e. The van der Waals surface area contributed by atoms with Crippen LogP contribution in [0.2, 0.25) is 0 Å². The maximum absolute atomic E-state index is 13.1. The zero-order valence-electron chi connectivity index (χ0n) is 8.72. The van der Waals surface area contributed by atoms with Gasteiger partial charge in [-0.1, -0.05) is 0 Å². The Kier molecular flexibility index (Phi) is 5.04.